The summed E-state index contributed by atoms with van der Waals surface area (Å²) in [6, 6.07) is 6.28. The van der Waals surface area contributed by atoms with Crippen molar-refractivity contribution in [2.75, 3.05) is 6.61 Å². The fourth-order valence-corrected chi connectivity index (χ4v) is 3.72. The Labute approximate surface area is 184 Å². The molecule has 0 amide bonds. The van der Waals surface area contributed by atoms with Crippen molar-refractivity contribution in [2.24, 2.45) is 0 Å². The van der Waals surface area contributed by atoms with E-state index < -0.39 is 12.1 Å². The third kappa shape index (κ3) is 14.4. The van der Waals surface area contributed by atoms with Crippen LogP contribution in [0.25, 0.3) is 0 Å². The van der Waals surface area contributed by atoms with Crippen LogP contribution < -0.4 is 4.74 Å². The molecule has 0 fully saturated rings. The molecule has 0 aliphatic heterocycles. The van der Waals surface area contributed by atoms with E-state index in [1.54, 1.807) is 12.1 Å². The number of carbonyl (C=O) groups is 1. The Hall–Kier alpha value is -1.55. The highest BCUT2D eigenvalue weighted by atomic mass is 16.5. The van der Waals surface area contributed by atoms with Crippen LogP contribution in [0, 0.1) is 0 Å². The van der Waals surface area contributed by atoms with Gasteiger partial charge in [-0.25, -0.2) is 4.79 Å². The Morgan fingerprint density at radius 1 is 0.767 bits per heavy atom. The zero-order chi connectivity index (χ0) is 21.9. The lowest BCUT2D eigenvalue weighted by molar-refractivity contribution is 0.0696. The van der Waals surface area contributed by atoms with Crippen molar-refractivity contribution in [3.05, 3.63) is 29.8 Å². The van der Waals surface area contributed by atoms with Crippen molar-refractivity contribution in [2.45, 2.75) is 116 Å². The molecule has 4 nitrogen and oxygen atoms in total. The van der Waals surface area contributed by atoms with E-state index in [1.807, 2.05) is 0 Å². The van der Waals surface area contributed by atoms with Gasteiger partial charge in [0, 0.05) is 0 Å². The predicted octanol–water partition coefficient (Wildman–Crippen LogP) is 7.39. The summed E-state index contributed by atoms with van der Waals surface area (Å²) in [6.45, 7) is 2.53. The van der Waals surface area contributed by atoms with Crippen LogP contribution in [0.3, 0.4) is 0 Å². The lowest BCUT2D eigenvalue weighted by atomic mass is 10.0. The molecule has 0 aromatic heterocycles. The number of aliphatic hydroxyl groups is 1. The Balaban J connectivity index is 1.85. The van der Waals surface area contributed by atoms with Gasteiger partial charge in [-0.2, -0.15) is 0 Å². The maximum absolute atomic E-state index is 10.8. The van der Waals surface area contributed by atoms with Gasteiger partial charge in [-0.15, -0.1) is 0 Å². The second-order valence-corrected chi connectivity index (χ2v) is 8.53. The first-order valence-electron chi connectivity index (χ1n) is 12.3. The van der Waals surface area contributed by atoms with Crippen LogP contribution in [-0.4, -0.2) is 28.9 Å². The molecule has 0 aliphatic rings. The summed E-state index contributed by atoms with van der Waals surface area (Å²) in [4.78, 5) is 10.8. The number of aromatic carboxylic acids is 1. The first kappa shape index (κ1) is 26.5. The monoisotopic (exact) mass is 420 g/mol. The van der Waals surface area contributed by atoms with Crippen LogP contribution >= 0.6 is 0 Å². The Morgan fingerprint density at radius 3 is 1.63 bits per heavy atom. The van der Waals surface area contributed by atoms with Crippen molar-refractivity contribution in [1.82, 2.24) is 0 Å². The SMILES string of the molecule is CCCCCCCCCCCCCCCCCC(O)COc1ccc(C(=O)O)cc1. The van der Waals surface area contributed by atoms with Gasteiger partial charge in [-0.1, -0.05) is 103 Å². The van der Waals surface area contributed by atoms with Crippen molar-refractivity contribution in [3.63, 3.8) is 0 Å². The maximum atomic E-state index is 10.8. The van der Waals surface area contributed by atoms with Gasteiger partial charge in [-0.3, -0.25) is 0 Å². The van der Waals surface area contributed by atoms with Gasteiger partial charge in [0.1, 0.15) is 12.4 Å². The van der Waals surface area contributed by atoms with Gasteiger partial charge in [-0.05, 0) is 30.7 Å². The van der Waals surface area contributed by atoms with E-state index in [-0.39, 0.29) is 12.2 Å². The largest absolute Gasteiger partial charge is 0.491 e. The molecule has 172 valence electrons. The van der Waals surface area contributed by atoms with Gasteiger partial charge in [0.25, 0.3) is 0 Å². The molecular weight excluding hydrogens is 376 g/mol. The Kier molecular flexibility index (Phi) is 16.1. The number of hydrogen-bond acceptors (Lipinski definition) is 3. The average molecular weight is 421 g/mol. The van der Waals surface area contributed by atoms with E-state index in [9.17, 15) is 9.90 Å². The molecule has 30 heavy (non-hydrogen) atoms. The minimum atomic E-state index is -0.949. The predicted molar refractivity (Wildman–Crippen MR) is 124 cm³/mol. The molecule has 1 rings (SSSR count). The highest BCUT2D eigenvalue weighted by Gasteiger charge is 2.06. The lowest BCUT2D eigenvalue weighted by Gasteiger charge is -2.12. The standard InChI is InChI=1S/C26H44O4/c1-2-3-4-5-6-7-8-9-10-11-12-13-14-15-16-17-24(27)22-30-25-20-18-23(19-21-25)26(28)29/h18-21,24,27H,2-17,22H2,1H3,(H,28,29). The van der Waals surface area contributed by atoms with Crippen molar-refractivity contribution in [3.8, 4) is 5.75 Å². The normalized spacial score (nSPS) is 12.1. The zero-order valence-electron chi connectivity index (χ0n) is 19.1. The van der Waals surface area contributed by atoms with Gasteiger partial charge >= 0.3 is 5.97 Å². The molecule has 0 bridgehead atoms. The molecule has 0 aliphatic carbocycles. The Bertz CT molecular complexity index is 526. The van der Waals surface area contributed by atoms with Gasteiger partial charge < -0.3 is 14.9 Å². The third-order valence-electron chi connectivity index (χ3n) is 5.68. The molecule has 0 saturated heterocycles. The summed E-state index contributed by atoms with van der Waals surface area (Å²) in [5, 5.41) is 18.9. The fraction of sp³-hybridized carbons (Fsp3) is 0.731. The molecule has 1 aromatic rings. The summed E-state index contributed by atoms with van der Waals surface area (Å²) in [5.74, 6) is -0.356. The van der Waals surface area contributed by atoms with Crippen molar-refractivity contribution >= 4 is 5.97 Å². The number of aliphatic hydroxyl groups excluding tert-OH is 1. The van der Waals surface area contributed by atoms with Crippen LogP contribution in [-0.2, 0) is 0 Å². The number of unbranched alkanes of at least 4 members (excludes halogenated alkanes) is 14. The van der Waals surface area contributed by atoms with Crippen LogP contribution in [0.4, 0.5) is 0 Å². The van der Waals surface area contributed by atoms with Gasteiger partial charge in [0.15, 0.2) is 0 Å². The maximum Gasteiger partial charge on any atom is 0.335 e. The summed E-state index contributed by atoms with van der Waals surface area (Å²) in [5.41, 5.74) is 0.237. The highest BCUT2D eigenvalue weighted by molar-refractivity contribution is 5.87. The van der Waals surface area contributed by atoms with Crippen molar-refractivity contribution < 1.29 is 19.7 Å². The van der Waals surface area contributed by atoms with Crippen LogP contribution in [0.1, 0.15) is 120 Å². The summed E-state index contributed by atoms with van der Waals surface area (Å²) < 4.78 is 5.53. The lowest BCUT2D eigenvalue weighted by Crippen LogP contribution is -2.17. The topological polar surface area (TPSA) is 66.8 Å². The van der Waals surface area contributed by atoms with Gasteiger partial charge in [0.2, 0.25) is 0 Å². The minimum Gasteiger partial charge on any atom is -0.491 e. The second-order valence-electron chi connectivity index (χ2n) is 8.53. The number of benzene rings is 1. The third-order valence-corrected chi connectivity index (χ3v) is 5.68. The van der Waals surface area contributed by atoms with Gasteiger partial charge in [0.05, 0.1) is 11.7 Å². The van der Waals surface area contributed by atoms with Crippen molar-refractivity contribution in [1.29, 1.82) is 0 Å². The number of hydrogen-bond donors (Lipinski definition) is 2. The number of rotatable bonds is 20. The first-order valence-corrected chi connectivity index (χ1v) is 12.3. The van der Waals surface area contributed by atoms with E-state index in [0.717, 1.165) is 12.8 Å². The van der Waals surface area contributed by atoms with Crippen LogP contribution in [0.2, 0.25) is 0 Å². The second kappa shape index (κ2) is 18.2. The van der Waals surface area contributed by atoms with Crippen LogP contribution in [0.5, 0.6) is 5.75 Å². The van der Waals surface area contributed by atoms with E-state index in [1.165, 1.54) is 102 Å². The van der Waals surface area contributed by atoms with E-state index in [2.05, 4.69) is 6.92 Å². The molecule has 0 heterocycles. The molecule has 0 saturated carbocycles. The molecule has 0 spiro atoms. The summed E-state index contributed by atoms with van der Waals surface area (Å²) in [6.07, 6.45) is 20.4. The minimum absolute atomic E-state index is 0.237. The Morgan fingerprint density at radius 2 is 1.20 bits per heavy atom. The number of carboxylic acid groups (broad SMARTS) is 1. The molecule has 0 radical (unpaired) electrons. The highest BCUT2D eigenvalue weighted by Crippen LogP contribution is 2.15. The van der Waals surface area contributed by atoms with E-state index in [0.29, 0.717) is 5.75 Å². The van der Waals surface area contributed by atoms with E-state index >= 15 is 0 Å². The zero-order valence-corrected chi connectivity index (χ0v) is 19.1. The molecule has 4 heteroatoms. The fourth-order valence-electron chi connectivity index (χ4n) is 3.72. The van der Waals surface area contributed by atoms with E-state index in [4.69, 9.17) is 9.84 Å². The molecule has 1 atom stereocenters. The molecular formula is C26H44O4. The first-order chi connectivity index (χ1) is 14.6. The number of ether oxygens (including phenoxy) is 1. The number of carboxylic acids is 1. The smallest absolute Gasteiger partial charge is 0.335 e. The molecule has 1 unspecified atom stereocenters. The molecule has 2 N–H and O–H groups in total. The van der Waals surface area contributed by atoms with Crippen LogP contribution in [0.15, 0.2) is 24.3 Å². The quantitative estimate of drug-likeness (QED) is 0.216. The summed E-state index contributed by atoms with van der Waals surface area (Å²) in [7, 11) is 0. The molecule has 1 aromatic carbocycles. The average Bonchev–Trinajstić information content (AvgIpc) is 2.75. The summed E-state index contributed by atoms with van der Waals surface area (Å²) >= 11 is 0.